The van der Waals surface area contributed by atoms with E-state index in [0.29, 0.717) is 6.04 Å². The van der Waals surface area contributed by atoms with Crippen molar-refractivity contribution >= 4 is 5.97 Å². The number of carbonyl (C=O) groups is 1. The van der Waals surface area contributed by atoms with Gasteiger partial charge < -0.3 is 9.84 Å². The lowest BCUT2D eigenvalue weighted by molar-refractivity contribution is -0.138. The topological polar surface area (TPSA) is 49.8 Å². The minimum atomic E-state index is -0.739. The zero-order valence-electron chi connectivity index (χ0n) is 9.82. The standard InChI is InChI=1S/C11H21NO3/c1-11(2,15-3)6-7-12(8-10(13)14)9-4-5-9/h9H,4-8H2,1-3H3,(H,13,14). The molecule has 4 nitrogen and oxygen atoms in total. The Hall–Kier alpha value is -0.610. The molecule has 0 aliphatic heterocycles. The first kappa shape index (κ1) is 12.5. The average molecular weight is 215 g/mol. The smallest absolute Gasteiger partial charge is 0.317 e. The third kappa shape index (κ3) is 4.62. The first-order chi connectivity index (χ1) is 6.94. The molecule has 15 heavy (non-hydrogen) atoms. The highest BCUT2D eigenvalue weighted by atomic mass is 16.5. The summed E-state index contributed by atoms with van der Waals surface area (Å²) in [4.78, 5) is 12.7. The van der Waals surface area contributed by atoms with Gasteiger partial charge in [0, 0.05) is 19.7 Å². The summed E-state index contributed by atoms with van der Waals surface area (Å²) in [6, 6.07) is 0.494. The number of ether oxygens (including phenoxy) is 1. The Bertz CT molecular complexity index is 224. The fourth-order valence-electron chi connectivity index (χ4n) is 1.52. The monoisotopic (exact) mass is 215 g/mol. The van der Waals surface area contributed by atoms with Crippen molar-refractivity contribution in [3.63, 3.8) is 0 Å². The zero-order chi connectivity index (χ0) is 11.5. The molecule has 0 aromatic rings. The molecule has 0 bridgehead atoms. The van der Waals surface area contributed by atoms with Gasteiger partial charge in [-0.2, -0.15) is 0 Å². The van der Waals surface area contributed by atoms with Crippen LogP contribution in [0.5, 0.6) is 0 Å². The van der Waals surface area contributed by atoms with Crippen LogP contribution in [-0.2, 0) is 9.53 Å². The lowest BCUT2D eigenvalue weighted by Crippen LogP contribution is -2.36. The second-order valence-corrected chi connectivity index (χ2v) is 4.81. The summed E-state index contributed by atoms with van der Waals surface area (Å²) in [7, 11) is 1.69. The molecular formula is C11H21NO3. The number of rotatable bonds is 7. The van der Waals surface area contributed by atoms with Crippen LogP contribution in [0.15, 0.2) is 0 Å². The Balaban J connectivity index is 2.34. The lowest BCUT2D eigenvalue weighted by atomic mass is 10.1. The third-order valence-electron chi connectivity index (χ3n) is 2.96. The van der Waals surface area contributed by atoms with Gasteiger partial charge in [-0.15, -0.1) is 0 Å². The number of hydrogen-bond acceptors (Lipinski definition) is 3. The van der Waals surface area contributed by atoms with Gasteiger partial charge in [0.15, 0.2) is 0 Å². The van der Waals surface area contributed by atoms with Crippen LogP contribution in [-0.4, -0.2) is 47.8 Å². The summed E-state index contributed by atoms with van der Waals surface area (Å²) in [5, 5.41) is 8.77. The minimum absolute atomic E-state index is 0.157. The van der Waals surface area contributed by atoms with Gasteiger partial charge in [-0.3, -0.25) is 9.69 Å². The van der Waals surface area contributed by atoms with Crippen LogP contribution in [0.25, 0.3) is 0 Å². The van der Waals surface area contributed by atoms with E-state index in [4.69, 9.17) is 9.84 Å². The van der Waals surface area contributed by atoms with Crippen LogP contribution < -0.4 is 0 Å². The Morgan fingerprint density at radius 3 is 2.53 bits per heavy atom. The van der Waals surface area contributed by atoms with Crippen molar-refractivity contribution in [1.82, 2.24) is 4.90 Å². The Labute approximate surface area is 91.2 Å². The minimum Gasteiger partial charge on any atom is -0.480 e. The molecule has 0 heterocycles. The molecule has 1 aliphatic carbocycles. The maximum atomic E-state index is 10.7. The molecule has 0 amide bonds. The molecular weight excluding hydrogens is 194 g/mol. The van der Waals surface area contributed by atoms with Crippen molar-refractivity contribution in [1.29, 1.82) is 0 Å². The highest BCUT2D eigenvalue weighted by molar-refractivity contribution is 5.69. The molecule has 0 aromatic heterocycles. The van der Waals surface area contributed by atoms with Crippen LogP contribution >= 0.6 is 0 Å². The maximum Gasteiger partial charge on any atom is 0.317 e. The summed E-state index contributed by atoms with van der Waals surface area (Å²) >= 11 is 0. The summed E-state index contributed by atoms with van der Waals surface area (Å²) < 4.78 is 5.32. The van der Waals surface area contributed by atoms with Crippen LogP contribution in [0.4, 0.5) is 0 Å². The van der Waals surface area contributed by atoms with Gasteiger partial charge in [-0.05, 0) is 33.1 Å². The predicted molar refractivity (Wildman–Crippen MR) is 57.9 cm³/mol. The first-order valence-electron chi connectivity index (χ1n) is 5.45. The molecule has 1 aliphatic rings. The van der Waals surface area contributed by atoms with Crippen LogP contribution in [0.2, 0.25) is 0 Å². The number of carboxylic acids is 1. The van der Waals surface area contributed by atoms with Crippen molar-refractivity contribution < 1.29 is 14.6 Å². The van der Waals surface area contributed by atoms with E-state index >= 15 is 0 Å². The van der Waals surface area contributed by atoms with Crippen molar-refractivity contribution in [2.24, 2.45) is 0 Å². The average Bonchev–Trinajstić information content (AvgIpc) is 2.95. The van der Waals surface area contributed by atoms with Crippen LogP contribution in [0.1, 0.15) is 33.1 Å². The molecule has 88 valence electrons. The van der Waals surface area contributed by atoms with E-state index < -0.39 is 5.97 Å². The van der Waals surface area contributed by atoms with E-state index in [-0.39, 0.29) is 12.1 Å². The predicted octanol–water partition coefficient (Wildman–Crippen LogP) is 1.35. The fourth-order valence-corrected chi connectivity index (χ4v) is 1.52. The highest BCUT2D eigenvalue weighted by Gasteiger charge is 2.31. The largest absolute Gasteiger partial charge is 0.480 e. The van der Waals surface area contributed by atoms with E-state index in [1.54, 1.807) is 7.11 Å². The van der Waals surface area contributed by atoms with Crippen molar-refractivity contribution in [3.8, 4) is 0 Å². The van der Waals surface area contributed by atoms with E-state index in [2.05, 4.69) is 0 Å². The second-order valence-electron chi connectivity index (χ2n) is 4.81. The SMILES string of the molecule is COC(C)(C)CCN(CC(=O)O)C1CC1. The Kier molecular flexibility index (Phi) is 4.11. The Morgan fingerprint density at radius 1 is 1.53 bits per heavy atom. The highest BCUT2D eigenvalue weighted by Crippen LogP contribution is 2.27. The van der Waals surface area contributed by atoms with E-state index in [1.807, 2.05) is 18.7 Å². The molecule has 0 spiro atoms. The van der Waals surface area contributed by atoms with Crippen LogP contribution in [0, 0.1) is 0 Å². The molecule has 0 aromatic carbocycles. The lowest BCUT2D eigenvalue weighted by Gasteiger charge is -2.27. The number of carboxylic acid groups (broad SMARTS) is 1. The molecule has 1 fully saturated rings. The maximum absolute atomic E-state index is 10.7. The van der Waals surface area contributed by atoms with Crippen molar-refractivity contribution in [2.75, 3.05) is 20.2 Å². The van der Waals surface area contributed by atoms with Gasteiger partial charge in [0.05, 0.1) is 12.1 Å². The van der Waals surface area contributed by atoms with Gasteiger partial charge in [-0.1, -0.05) is 0 Å². The molecule has 4 heteroatoms. The molecule has 1 N–H and O–H groups in total. The summed E-state index contributed by atoms with van der Waals surface area (Å²) in [5.74, 6) is -0.739. The third-order valence-corrected chi connectivity index (χ3v) is 2.96. The molecule has 1 rings (SSSR count). The van der Waals surface area contributed by atoms with Gasteiger partial charge in [0.25, 0.3) is 0 Å². The molecule has 0 saturated heterocycles. The second kappa shape index (κ2) is 4.94. The molecule has 0 atom stereocenters. The van der Waals surface area contributed by atoms with Crippen molar-refractivity contribution in [3.05, 3.63) is 0 Å². The molecule has 1 saturated carbocycles. The molecule has 0 unspecified atom stereocenters. The van der Waals surface area contributed by atoms with Gasteiger partial charge in [0.2, 0.25) is 0 Å². The fraction of sp³-hybridized carbons (Fsp3) is 0.909. The van der Waals surface area contributed by atoms with Gasteiger partial charge in [-0.25, -0.2) is 0 Å². The van der Waals surface area contributed by atoms with Crippen molar-refractivity contribution in [2.45, 2.75) is 44.8 Å². The summed E-state index contributed by atoms with van der Waals surface area (Å²) in [6.45, 7) is 5.01. The summed E-state index contributed by atoms with van der Waals surface area (Å²) in [6.07, 6.45) is 3.15. The van der Waals surface area contributed by atoms with E-state index in [9.17, 15) is 4.79 Å². The quantitative estimate of drug-likeness (QED) is 0.696. The van der Waals surface area contributed by atoms with E-state index in [0.717, 1.165) is 25.8 Å². The van der Waals surface area contributed by atoms with Gasteiger partial charge >= 0.3 is 5.97 Å². The number of nitrogens with zero attached hydrogens (tertiary/aromatic N) is 1. The van der Waals surface area contributed by atoms with Crippen LogP contribution in [0.3, 0.4) is 0 Å². The molecule has 0 radical (unpaired) electrons. The number of hydrogen-bond donors (Lipinski definition) is 1. The number of methoxy groups -OCH3 is 1. The summed E-state index contributed by atoms with van der Waals surface area (Å²) in [5.41, 5.74) is -0.161. The van der Waals surface area contributed by atoms with Gasteiger partial charge in [0.1, 0.15) is 0 Å². The first-order valence-corrected chi connectivity index (χ1v) is 5.45. The zero-order valence-corrected chi connectivity index (χ0v) is 9.82. The number of aliphatic carboxylic acids is 1. The van der Waals surface area contributed by atoms with E-state index in [1.165, 1.54) is 0 Å². The Morgan fingerprint density at radius 2 is 2.13 bits per heavy atom. The normalized spacial score (nSPS) is 17.1.